The van der Waals surface area contributed by atoms with Gasteiger partial charge in [-0.25, -0.2) is 13.1 Å². The second-order valence-electron chi connectivity index (χ2n) is 4.80. The number of ketones is 1. The summed E-state index contributed by atoms with van der Waals surface area (Å²) < 4.78 is 37.5. The van der Waals surface area contributed by atoms with E-state index in [4.69, 9.17) is 9.47 Å². The number of carbonyl (C=O) groups is 1. The van der Waals surface area contributed by atoms with E-state index in [1.54, 1.807) is 12.1 Å². The zero-order chi connectivity index (χ0) is 15.3. The monoisotopic (exact) mass is 313 g/mol. The summed E-state index contributed by atoms with van der Waals surface area (Å²) in [6.45, 7) is 2.89. The standard InChI is InChI=1S/C14H19NO5S/c1-11(16)12-4-2-5-13(10-12)21(17,18)15-7-6-14-19-8-3-9-20-14/h2,4-5,10,14-15H,3,6-9H2,1H3. The van der Waals surface area contributed by atoms with Crippen LogP contribution in [0.5, 0.6) is 0 Å². The molecule has 0 atom stereocenters. The van der Waals surface area contributed by atoms with E-state index in [1.165, 1.54) is 19.1 Å². The fourth-order valence-corrected chi connectivity index (χ4v) is 3.07. The number of Topliss-reactive ketones (excluding diaryl/α,β-unsaturated/α-hetero) is 1. The van der Waals surface area contributed by atoms with Gasteiger partial charge in [-0.05, 0) is 25.5 Å². The summed E-state index contributed by atoms with van der Waals surface area (Å²) in [7, 11) is -3.63. The molecule has 116 valence electrons. The molecule has 0 aromatic heterocycles. The first-order valence-corrected chi connectivity index (χ1v) is 8.31. The molecule has 1 saturated heterocycles. The van der Waals surface area contributed by atoms with Gasteiger partial charge in [0.2, 0.25) is 10.0 Å². The molecule has 6 nitrogen and oxygen atoms in total. The largest absolute Gasteiger partial charge is 0.353 e. The Bertz CT molecular complexity index is 593. The highest BCUT2D eigenvalue weighted by atomic mass is 32.2. The Kier molecular flexibility index (Phi) is 5.46. The number of ether oxygens (including phenoxy) is 2. The van der Waals surface area contributed by atoms with E-state index in [0.717, 1.165) is 6.42 Å². The molecule has 0 unspecified atom stereocenters. The quantitative estimate of drug-likeness (QED) is 0.801. The van der Waals surface area contributed by atoms with E-state index < -0.39 is 10.0 Å². The Morgan fingerprint density at radius 1 is 1.33 bits per heavy atom. The van der Waals surface area contributed by atoms with Gasteiger partial charge in [0, 0.05) is 18.5 Å². The molecule has 1 aromatic carbocycles. The van der Waals surface area contributed by atoms with Crippen LogP contribution in [0.3, 0.4) is 0 Å². The van der Waals surface area contributed by atoms with Crippen LogP contribution in [0.2, 0.25) is 0 Å². The molecule has 0 bridgehead atoms. The number of benzene rings is 1. The third-order valence-corrected chi connectivity index (χ3v) is 4.58. The van der Waals surface area contributed by atoms with Gasteiger partial charge >= 0.3 is 0 Å². The van der Waals surface area contributed by atoms with E-state index >= 15 is 0 Å². The summed E-state index contributed by atoms with van der Waals surface area (Å²) in [5.41, 5.74) is 0.372. The summed E-state index contributed by atoms with van der Waals surface area (Å²) in [4.78, 5) is 11.4. The number of carbonyl (C=O) groups excluding carboxylic acids is 1. The first-order valence-electron chi connectivity index (χ1n) is 6.83. The zero-order valence-corrected chi connectivity index (χ0v) is 12.7. The maximum absolute atomic E-state index is 12.1. The van der Waals surface area contributed by atoms with Crippen molar-refractivity contribution in [1.82, 2.24) is 4.72 Å². The Morgan fingerprint density at radius 2 is 2.05 bits per heavy atom. The van der Waals surface area contributed by atoms with Gasteiger partial charge in [0.1, 0.15) is 0 Å². The smallest absolute Gasteiger partial charge is 0.240 e. The molecule has 0 spiro atoms. The van der Waals surface area contributed by atoms with Crippen LogP contribution in [-0.4, -0.2) is 40.2 Å². The van der Waals surface area contributed by atoms with Gasteiger partial charge in [-0.1, -0.05) is 12.1 Å². The van der Waals surface area contributed by atoms with Crippen LogP contribution >= 0.6 is 0 Å². The van der Waals surface area contributed by atoms with Gasteiger partial charge < -0.3 is 9.47 Å². The minimum atomic E-state index is -3.63. The van der Waals surface area contributed by atoms with E-state index in [1.807, 2.05) is 0 Å². The molecule has 1 aliphatic rings. The van der Waals surface area contributed by atoms with E-state index in [2.05, 4.69) is 4.72 Å². The molecular formula is C14H19NO5S. The Balaban J connectivity index is 1.94. The van der Waals surface area contributed by atoms with Gasteiger partial charge in [-0.2, -0.15) is 0 Å². The Morgan fingerprint density at radius 3 is 2.71 bits per heavy atom. The predicted molar refractivity (Wildman–Crippen MR) is 76.6 cm³/mol. The van der Waals surface area contributed by atoms with Crippen molar-refractivity contribution in [3.63, 3.8) is 0 Å². The average molecular weight is 313 g/mol. The molecule has 0 saturated carbocycles. The van der Waals surface area contributed by atoms with Gasteiger partial charge in [-0.15, -0.1) is 0 Å². The molecule has 0 aliphatic carbocycles. The van der Waals surface area contributed by atoms with Crippen LogP contribution in [0.4, 0.5) is 0 Å². The molecule has 1 N–H and O–H groups in total. The van der Waals surface area contributed by atoms with Crippen LogP contribution in [-0.2, 0) is 19.5 Å². The lowest BCUT2D eigenvalue weighted by molar-refractivity contribution is -0.180. The first-order chi connectivity index (χ1) is 9.99. The highest BCUT2D eigenvalue weighted by molar-refractivity contribution is 7.89. The first kappa shape index (κ1) is 16.1. The zero-order valence-electron chi connectivity index (χ0n) is 11.9. The second-order valence-corrected chi connectivity index (χ2v) is 6.56. The van der Waals surface area contributed by atoms with Gasteiger partial charge in [0.25, 0.3) is 0 Å². The molecule has 2 rings (SSSR count). The van der Waals surface area contributed by atoms with Gasteiger partial charge in [0.15, 0.2) is 12.1 Å². The maximum Gasteiger partial charge on any atom is 0.240 e. The number of nitrogens with one attached hydrogen (secondary N) is 1. The molecule has 1 fully saturated rings. The third kappa shape index (κ3) is 4.60. The van der Waals surface area contributed by atoms with Crippen LogP contribution in [0.25, 0.3) is 0 Å². The lowest BCUT2D eigenvalue weighted by atomic mass is 10.2. The summed E-state index contributed by atoms with van der Waals surface area (Å²) in [6.07, 6.45) is 0.955. The summed E-state index contributed by atoms with van der Waals surface area (Å²) in [5, 5.41) is 0. The van der Waals surface area contributed by atoms with Crippen molar-refractivity contribution in [3.8, 4) is 0 Å². The third-order valence-electron chi connectivity index (χ3n) is 3.12. The molecule has 7 heteroatoms. The normalized spacial score (nSPS) is 16.8. The second kappa shape index (κ2) is 7.13. The number of rotatable bonds is 6. The minimum Gasteiger partial charge on any atom is -0.353 e. The van der Waals surface area contributed by atoms with E-state index in [0.29, 0.717) is 25.2 Å². The van der Waals surface area contributed by atoms with Crippen LogP contribution in [0, 0.1) is 0 Å². The highest BCUT2D eigenvalue weighted by Gasteiger charge is 2.18. The van der Waals surface area contributed by atoms with Crippen molar-refractivity contribution in [3.05, 3.63) is 29.8 Å². The fraction of sp³-hybridized carbons (Fsp3) is 0.500. The van der Waals surface area contributed by atoms with Crippen molar-refractivity contribution in [1.29, 1.82) is 0 Å². The van der Waals surface area contributed by atoms with Crippen LogP contribution in [0.15, 0.2) is 29.2 Å². The van der Waals surface area contributed by atoms with Gasteiger partial charge in [0.05, 0.1) is 18.1 Å². The van der Waals surface area contributed by atoms with E-state index in [9.17, 15) is 13.2 Å². The number of hydrogen-bond donors (Lipinski definition) is 1. The lowest BCUT2D eigenvalue weighted by Crippen LogP contribution is -2.31. The predicted octanol–water partition coefficient (Wildman–Crippen LogP) is 1.32. The number of hydrogen-bond acceptors (Lipinski definition) is 5. The lowest BCUT2D eigenvalue weighted by Gasteiger charge is -2.23. The maximum atomic E-state index is 12.1. The molecule has 1 aromatic rings. The molecule has 21 heavy (non-hydrogen) atoms. The SMILES string of the molecule is CC(=O)c1cccc(S(=O)(=O)NCCC2OCCCO2)c1. The molecule has 1 aliphatic heterocycles. The summed E-state index contributed by atoms with van der Waals surface area (Å²) >= 11 is 0. The van der Waals surface area contributed by atoms with Crippen molar-refractivity contribution >= 4 is 15.8 Å². The fourth-order valence-electron chi connectivity index (χ4n) is 1.98. The number of sulfonamides is 1. The summed E-state index contributed by atoms with van der Waals surface area (Å²) in [6, 6.07) is 5.98. The molecule has 0 amide bonds. The van der Waals surface area contributed by atoms with E-state index in [-0.39, 0.29) is 23.5 Å². The average Bonchev–Trinajstić information content (AvgIpc) is 2.48. The minimum absolute atomic E-state index is 0.0840. The highest BCUT2D eigenvalue weighted by Crippen LogP contribution is 2.13. The summed E-state index contributed by atoms with van der Waals surface area (Å²) in [5.74, 6) is -0.170. The molecule has 0 radical (unpaired) electrons. The van der Waals surface area contributed by atoms with Gasteiger partial charge in [-0.3, -0.25) is 4.79 Å². The Labute approximate surface area is 124 Å². The Hall–Kier alpha value is -1.28. The van der Waals surface area contributed by atoms with Crippen molar-refractivity contribution in [2.24, 2.45) is 0 Å². The molecular weight excluding hydrogens is 294 g/mol. The van der Waals surface area contributed by atoms with Crippen molar-refractivity contribution in [2.45, 2.75) is 31.0 Å². The van der Waals surface area contributed by atoms with Crippen LogP contribution in [0.1, 0.15) is 30.1 Å². The van der Waals surface area contributed by atoms with Crippen molar-refractivity contribution in [2.75, 3.05) is 19.8 Å². The molecule has 1 heterocycles. The van der Waals surface area contributed by atoms with Crippen molar-refractivity contribution < 1.29 is 22.7 Å². The topological polar surface area (TPSA) is 81.7 Å². The van der Waals surface area contributed by atoms with Crippen LogP contribution < -0.4 is 4.72 Å².